The highest BCUT2D eigenvalue weighted by atomic mass is 16.3. The molecule has 1 aromatic heterocycles. The molecule has 15 heavy (non-hydrogen) atoms. The molecule has 0 saturated carbocycles. The van der Waals surface area contributed by atoms with E-state index in [1.165, 1.54) is 6.20 Å². The number of anilines is 1. The summed E-state index contributed by atoms with van der Waals surface area (Å²) >= 11 is 0. The van der Waals surface area contributed by atoms with E-state index in [0.717, 1.165) is 5.69 Å². The van der Waals surface area contributed by atoms with Gasteiger partial charge in [0.1, 0.15) is 5.82 Å². The molecule has 2 rings (SSSR count). The SMILES string of the molecule is Nc1cnc(CN2CC(O)C(O)C2)cn1. The topological polar surface area (TPSA) is 95.5 Å². The Hall–Kier alpha value is -1.24. The van der Waals surface area contributed by atoms with E-state index in [0.29, 0.717) is 25.5 Å². The van der Waals surface area contributed by atoms with Crippen LogP contribution in [0.5, 0.6) is 0 Å². The van der Waals surface area contributed by atoms with Crippen molar-refractivity contribution >= 4 is 5.82 Å². The number of aromatic nitrogens is 2. The standard InChI is InChI=1S/C9H14N4O2/c10-9-2-11-6(1-12-9)3-13-4-7(14)8(15)5-13/h1-2,7-8,14-15H,3-5H2,(H2,10,12). The maximum Gasteiger partial charge on any atom is 0.141 e. The first-order valence-electron chi connectivity index (χ1n) is 4.80. The van der Waals surface area contributed by atoms with Crippen LogP contribution in [0, 0.1) is 0 Å². The third kappa shape index (κ3) is 2.41. The third-order valence-corrected chi connectivity index (χ3v) is 2.45. The highest BCUT2D eigenvalue weighted by molar-refractivity contribution is 5.22. The van der Waals surface area contributed by atoms with Crippen molar-refractivity contribution in [3.63, 3.8) is 0 Å². The minimum Gasteiger partial charge on any atom is -0.389 e. The largest absolute Gasteiger partial charge is 0.389 e. The first-order chi connectivity index (χ1) is 7.15. The fourth-order valence-electron chi connectivity index (χ4n) is 1.65. The number of β-amino-alcohol motifs (C(OH)–C–C–N with tert-alkyl or cyclic N) is 2. The van der Waals surface area contributed by atoms with Crippen molar-refractivity contribution in [1.29, 1.82) is 0 Å². The first-order valence-corrected chi connectivity index (χ1v) is 4.80. The van der Waals surface area contributed by atoms with E-state index in [1.54, 1.807) is 6.20 Å². The van der Waals surface area contributed by atoms with E-state index in [4.69, 9.17) is 5.73 Å². The van der Waals surface area contributed by atoms with Gasteiger partial charge in [0, 0.05) is 19.6 Å². The van der Waals surface area contributed by atoms with Crippen LogP contribution in [0.1, 0.15) is 5.69 Å². The fraction of sp³-hybridized carbons (Fsp3) is 0.556. The van der Waals surface area contributed by atoms with Crippen molar-refractivity contribution in [2.75, 3.05) is 18.8 Å². The van der Waals surface area contributed by atoms with E-state index in [9.17, 15) is 10.2 Å². The van der Waals surface area contributed by atoms with Gasteiger partial charge in [-0.1, -0.05) is 0 Å². The summed E-state index contributed by atoms with van der Waals surface area (Å²) in [5, 5.41) is 18.7. The van der Waals surface area contributed by atoms with Gasteiger partial charge in [0.05, 0.1) is 30.3 Å². The lowest BCUT2D eigenvalue weighted by atomic mass is 10.3. The molecule has 2 atom stereocenters. The minimum atomic E-state index is -0.660. The molecule has 1 aliphatic heterocycles. The Labute approximate surface area is 87.4 Å². The Morgan fingerprint density at radius 1 is 1.27 bits per heavy atom. The molecule has 0 spiro atoms. The Balaban J connectivity index is 1.95. The summed E-state index contributed by atoms with van der Waals surface area (Å²) in [7, 11) is 0. The average molecular weight is 210 g/mol. The zero-order valence-electron chi connectivity index (χ0n) is 8.24. The number of nitrogen functional groups attached to an aromatic ring is 1. The van der Waals surface area contributed by atoms with Gasteiger partial charge in [-0.05, 0) is 0 Å². The fourth-order valence-corrected chi connectivity index (χ4v) is 1.65. The summed E-state index contributed by atoms with van der Waals surface area (Å²) in [6, 6.07) is 0. The molecule has 0 radical (unpaired) electrons. The second kappa shape index (κ2) is 4.09. The predicted octanol–water partition coefficient (Wildman–Crippen LogP) is -1.40. The summed E-state index contributed by atoms with van der Waals surface area (Å²) in [5.41, 5.74) is 6.19. The van der Waals surface area contributed by atoms with Gasteiger partial charge < -0.3 is 15.9 Å². The molecule has 1 aliphatic rings. The number of hydrogen-bond donors (Lipinski definition) is 3. The molecule has 1 fully saturated rings. The second-order valence-corrected chi connectivity index (χ2v) is 3.76. The number of rotatable bonds is 2. The summed E-state index contributed by atoms with van der Waals surface area (Å²) in [6.07, 6.45) is 1.78. The number of nitrogens with two attached hydrogens (primary N) is 1. The molecule has 6 heteroatoms. The van der Waals surface area contributed by atoms with Crippen LogP contribution in [-0.4, -0.2) is 50.4 Å². The van der Waals surface area contributed by atoms with Crippen molar-refractivity contribution in [3.05, 3.63) is 18.1 Å². The predicted molar refractivity (Wildman–Crippen MR) is 53.7 cm³/mol. The maximum atomic E-state index is 9.34. The minimum absolute atomic E-state index is 0.389. The molecular formula is C9H14N4O2. The summed E-state index contributed by atoms with van der Waals surface area (Å²) < 4.78 is 0. The van der Waals surface area contributed by atoms with Crippen LogP contribution in [0.3, 0.4) is 0 Å². The zero-order chi connectivity index (χ0) is 10.8. The van der Waals surface area contributed by atoms with Crippen molar-refractivity contribution in [1.82, 2.24) is 14.9 Å². The molecule has 0 aromatic carbocycles. The molecule has 2 unspecified atom stereocenters. The van der Waals surface area contributed by atoms with Gasteiger partial charge in [0.2, 0.25) is 0 Å². The van der Waals surface area contributed by atoms with Gasteiger partial charge in [-0.2, -0.15) is 0 Å². The van der Waals surface area contributed by atoms with Crippen LogP contribution in [0.25, 0.3) is 0 Å². The van der Waals surface area contributed by atoms with Crippen molar-refractivity contribution in [3.8, 4) is 0 Å². The quantitative estimate of drug-likeness (QED) is 0.555. The van der Waals surface area contributed by atoms with Crippen LogP contribution in [0.4, 0.5) is 5.82 Å². The van der Waals surface area contributed by atoms with Gasteiger partial charge in [0.25, 0.3) is 0 Å². The summed E-state index contributed by atoms with van der Waals surface area (Å²) in [4.78, 5) is 9.95. The smallest absolute Gasteiger partial charge is 0.141 e. The normalized spacial score (nSPS) is 27.1. The highest BCUT2D eigenvalue weighted by Gasteiger charge is 2.29. The summed E-state index contributed by atoms with van der Waals surface area (Å²) in [6.45, 7) is 1.50. The lowest BCUT2D eigenvalue weighted by molar-refractivity contribution is 0.0572. The molecule has 0 aliphatic carbocycles. The zero-order valence-corrected chi connectivity index (χ0v) is 8.24. The molecule has 1 aromatic rings. The second-order valence-electron chi connectivity index (χ2n) is 3.76. The van der Waals surface area contributed by atoms with Crippen LogP contribution in [0.15, 0.2) is 12.4 Å². The van der Waals surface area contributed by atoms with E-state index in [-0.39, 0.29) is 0 Å². The van der Waals surface area contributed by atoms with Crippen LogP contribution in [-0.2, 0) is 6.54 Å². The number of aliphatic hydroxyl groups is 2. The average Bonchev–Trinajstić information content (AvgIpc) is 2.50. The van der Waals surface area contributed by atoms with Crippen LogP contribution >= 0.6 is 0 Å². The van der Waals surface area contributed by atoms with Crippen molar-refractivity contribution in [2.24, 2.45) is 0 Å². The highest BCUT2D eigenvalue weighted by Crippen LogP contribution is 2.12. The van der Waals surface area contributed by atoms with Gasteiger partial charge in [-0.3, -0.25) is 9.88 Å². The van der Waals surface area contributed by atoms with Crippen molar-refractivity contribution < 1.29 is 10.2 Å². The molecule has 0 amide bonds. The molecule has 82 valence electrons. The molecule has 2 heterocycles. The lowest BCUT2D eigenvalue weighted by Crippen LogP contribution is -2.22. The summed E-state index contributed by atoms with van der Waals surface area (Å²) in [5.74, 6) is 0.389. The number of hydrogen-bond acceptors (Lipinski definition) is 6. The van der Waals surface area contributed by atoms with E-state index >= 15 is 0 Å². The van der Waals surface area contributed by atoms with Crippen molar-refractivity contribution in [2.45, 2.75) is 18.8 Å². The molecule has 6 nitrogen and oxygen atoms in total. The van der Waals surface area contributed by atoms with Gasteiger partial charge >= 0.3 is 0 Å². The molecule has 0 bridgehead atoms. The first kappa shape index (κ1) is 10.3. The lowest BCUT2D eigenvalue weighted by Gasteiger charge is -2.13. The van der Waals surface area contributed by atoms with Gasteiger partial charge in [-0.15, -0.1) is 0 Å². The molecular weight excluding hydrogens is 196 g/mol. The van der Waals surface area contributed by atoms with Gasteiger partial charge in [0.15, 0.2) is 0 Å². The number of nitrogens with zero attached hydrogens (tertiary/aromatic N) is 3. The number of likely N-dealkylation sites (tertiary alicyclic amines) is 1. The Morgan fingerprint density at radius 2 is 1.93 bits per heavy atom. The Morgan fingerprint density at radius 3 is 2.47 bits per heavy atom. The van der Waals surface area contributed by atoms with Crippen LogP contribution < -0.4 is 5.73 Å². The van der Waals surface area contributed by atoms with Gasteiger partial charge in [-0.25, -0.2) is 4.98 Å². The number of aliphatic hydroxyl groups excluding tert-OH is 2. The monoisotopic (exact) mass is 210 g/mol. The maximum absolute atomic E-state index is 9.34. The van der Waals surface area contributed by atoms with E-state index in [2.05, 4.69) is 9.97 Å². The Bertz CT molecular complexity index is 319. The molecule has 4 N–H and O–H groups in total. The molecule has 1 saturated heterocycles. The van der Waals surface area contributed by atoms with E-state index in [1.807, 2.05) is 4.90 Å². The van der Waals surface area contributed by atoms with Crippen LogP contribution in [0.2, 0.25) is 0 Å². The Kier molecular flexibility index (Phi) is 2.81. The third-order valence-electron chi connectivity index (χ3n) is 2.45. The van der Waals surface area contributed by atoms with E-state index < -0.39 is 12.2 Å².